The van der Waals surface area contributed by atoms with Crippen molar-refractivity contribution in [1.82, 2.24) is 29.9 Å². The van der Waals surface area contributed by atoms with Crippen LogP contribution in [0.4, 0.5) is 0 Å². The van der Waals surface area contributed by atoms with Crippen molar-refractivity contribution in [2.45, 2.75) is 0 Å². The summed E-state index contributed by atoms with van der Waals surface area (Å²) in [5.41, 5.74) is 5.91. The zero-order chi connectivity index (χ0) is 32.3. The average molecular weight is 739 g/mol. The fourth-order valence-electron chi connectivity index (χ4n) is 3.13. The molecule has 0 aliphatic rings. The van der Waals surface area contributed by atoms with Gasteiger partial charge in [0.25, 0.3) is 0 Å². The van der Waals surface area contributed by atoms with E-state index >= 15 is 0 Å². The minimum atomic E-state index is -1.75. The Kier molecular flexibility index (Phi) is 16.7. The first-order valence-corrected chi connectivity index (χ1v) is 11.8. The molecule has 0 saturated heterocycles. The van der Waals surface area contributed by atoms with Gasteiger partial charge in [-0.2, -0.15) is 0 Å². The normalized spacial score (nSPS) is 9.07. The molecule has 0 unspecified atom stereocenters. The predicted octanol–water partition coefficient (Wildman–Crippen LogP) is 4.76. The number of pyridine rings is 2. The van der Waals surface area contributed by atoms with E-state index in [0.29, 0.717) is 0 Å². The van der Waals surface area contributed by atoms with Crippen LogP contribution in [-0.2, 0) is 0 Å². The van der Waals surface area contributed by atoms with Crippen molar-refractivity contribution in [2.75, 3.05) is 0 Å². The third kappa shape index (κ3) is 15.9. The number of fused-ring (bicyclic) bond motifs is 6. The van der Waals surface area contributed by atoms with Gasteiger partial charge >= 0.3 is 35.6 Å². The molecule has 0 atom stereocenters. The monoisotopic (exact) mass is 739 g/mol. The number of aromatic nitrogens is 6. The molecule has 3 aromatic heterocycles. The average Bonchev–Trinajstić information content (AvgIpc) is 2.97. The van der Waals surface area contributed by atoms with Crippen molar-refractivity contribution in [3.05, 3.63) is 156 Å². The molecule has 0 fully saturated rings. The van der Waals surface area contributed by atoms with Crippen LogP contribution in [0.15, 0.2) is 110 Å². The van der Waals surface area contributed by atoms with Gasteiger partial charge in [-0.15, -0.1) is 0 Å². The van der Waals surface area contributed by atoms with E-state index in [-0.39, 0.29) is 35.6 Å². The molecule has 19 heteroatoms. The van der Waals surface area contributed by atoms with Crippen molar-refractivity contribution in [1.29, 1.82) is 0 Å². The summed E-state index contributed by atoms with van der Waals surface area (Å²) in [4.78, 5) is 52.4. The van der Waals surface area contributed by atoms with Crippen molar-refractivity contribution >= 4 is 44.1 Å². The minimum Gasteiger partial charge on any atom is -0.356 e. The van der Waals surface area contributed by atoms with Crippen LogP contribution in [0.5, 0.6) is 0 Å². The fraction of sp³-hybridized carbons (Fsp3) is 0. The third-order valence-electron chi connectivity index (χ3n) is 4.69. The maximum atomic E-state index is 8.25. The molecule has 224 valence electrons. The second-order valence-electron chi connectivity index (χ2n) is 7.66. The van der Waals surface area contributed by atoms with Crippen LogP contribution in [0, 0.1) is 81.6 Å². The Bertz CT molecular complexity index is 1660. The van der Waals surface area contributed by atoms with Crippen LogP contribution in [0.1, 0.15) is 0 Å². The molecule has 0 saturated carbocycles. The molecule has 0 radical (unpaired) electrons. The summed E-state index contributed by atoms with van der Waals surface area (Å²) in [7, 11) is 0. The molecule has 0 N–H and O–H groups in total. The Balaban J connectivity index is 0.000000672. The molecule has 3 heterocycles. The molecule has 0 aliphatic heterocycles. The number of hydrogen-bond acceptors (Lipinski definition) is 15. The molecular weight excluding hydrogens is 721 g/mol. The minimum absolute atomic E-state index is 0. The standard InChI is InChI=1S/C26H18N6.La.3NO3/c1-2-12-24-23(11-1)27-15-19-7-5-9-21(31-19)17-29-25-13-3-4-14-26(25)30-18-22-10-6-8-20(32-22)16-28-24;;3*2-1(3)4/h1-18H;;;;/q;+3;3*-1. The first-order valence-electron chi connectivity index (χ1n) is 11.8. The number of hydrogen-bond donors (Lipinski definition) is 0. The van der Waals surface area contributed by atoms with Crippen LogP contribution >= 0.6 is 0 Å². The molecule has 18 nitrogen and oxygen atoms in total. The van der Waals surface area contributed by atoms with E-state index in [0.717, 1.165) is 44.1 Å². The number of benzene rings is 2. The third-order valence-corrected chi connectivity index (χ3v) is 4.69. The molecule has 2 aromatic carbocycles. The fourth-order valence-corrected chi connectivity index (χ4v) is 3.13. The summed E-state index contributed by atoms with van der Waals surface area (Å²) in [6.45, 7) is 0. The second-order valence-corrected chi connectivity index (χ2v) is 7.66. The molecule has 4 bridgehead atoms. The van der Waals surface area contributed by atoms with Gasteiger partial charge in [0.1, 0.15) is 0 Å². The van der Waals surface area contributed by atoms with Crippen LogP contribution < -0.4 is 0 Å². The molecule has 0 spiro atoms. The van der Waals surface area contributed by atoms with Gasteiger partial charge in [0, 0.05) is 0 Å². The Labute approximate surface area is 279 Å². The Morgan fingerprint density at radius 1 is 0.378 bits per heavy atom. The Morgan fingerprint density at radius 2 is 0.578 bits per heavy atom. The van der Waals surface area contributed by atoms with Gasteiger partial charge < -0.3 is 46.0 Å². The summed E-state index contributed by atoms with van der Waals surface area (Å²) in [5.74, 6) is 0. The van der Waals surface area contributed by atoms with Crippen LogP contribution in [0.3, 0.4) is 0 Å². The zero-order valence-corrected chi connectivity index (χ0v) is 26.3. The largest absolute Gasteiger partial charge is 3.00 e. The van der Waals surface area contributed by atoms with Gasteiger partial charge in [0.05, 0.1) is 84.2 Å². The maximum Gasteiger partial charge on any atom is 3.00 e. The summed E-state index contributed by atoms with van der Waals surface area (Å²) < 4.78 is 0. The number of nitrogens with zero attached hydrogens (tertiary/aromatic N) is 9. The van der Waals surface area contributed by atoms with E-state index in [1.165, 1.54) is 0 Å². The molecule has 5 rings (SSSR count). The SMILES string of the molecule is O=[N+]([O-])[O-].O=[N+]([O-])[O-].O=[N+]([O-])[O-].[La+3].c1cc2cnc3ccccc3ncc3cccc(cnc4ccccc4ncc(c1)n2)n3. The van der Waals surface area contributed by atoms with Crippen LogP contribution in [-0.4, -0.2) is 45.2 Å². The van der Waals surface area contributed by atoms with E-state index in [2.05, 4.69) is 29.9 Å². The molecule has 5 aromatic rings. The van der Waals surface area contributed by atoms with E-state index in [4.69, 9.17) is 46.0 Å². The van der Waals surface area contributed by atoms with Gasteiger partial charge in [0.15, 0.2) is 0 Å². The first-order chi connectivity index (χ1) is 21.0. The van der Waals surface area contributed by atoms with Crippen LogP contribution in [0.25, 0.3) is 44.1 Å². The van der Waals surface area contributed by atoms with Crippen molar-refractivity contribution in [3.8, 4) is 0 Å². The van der Waals surface area contributed by atoms with Gasteiger partial charge in [0.2, 0.25) is 0 Å². The summed E-state index contributed by atoms with van der Waals surface area (Å²) >= 11 is 0. The van der Waals surface area contributed by atoms with Crippen LogP contribution in [0.2, 0.25) is 0 Å². The topological polar surface area (TPSA) is 276 Å². The second kappa shape index (κ2) is 20.2. The van der Waals surface area contributed by atoms with Gasteiger partial charge in [-0.3, -0.25) is 19.9 Å². The number of para-hydroxylation sites is 4. The molecule has 0 aliphatic carbocycles. The quantitative estimate of drug-likeness (QED) is 0.153. The summed E-state index contributed by atoms with van der Waals surface area (Å²) in [6, 6.07) is 26.9. The van der Waals surface area contributed by atoms with E-state index in [1.54, 1.807) is 24.8 Å². The van der Waals surface area contributed by atoms with E-state index in [9.17, 15) is 0 Å². The summed E-state index contributed by atoms with van der Waals surface area (Å²) in [6.07, 6.45) is 6.91. The number of rotatable bonds is 0. The van der Waals surface area contributed by atoms with Gasteiger partial charge in [-0.05, 0) is 48.5 Å². The Morgan fingerprint density at radius 3 is 0.778 bits per heavy atom. The van der Waals surface area contributed by atoms with E-state index < -0.39 is 15.3 Å². The smallest absolute Gasteiger partial charge is 0.356 e. The zero-order valence-electron chi connectivity index (χ0n) is 22.7. The molecule has 0 amide bonds. The van der Waals surface area contributed by atoms with Crippen molar-refractivity contribution in [3.63, 3.8) is 0 Å². The van der Waals surface area contributed by atoms with Gasteiger partial charge in [-0.25, -0.2) is 9.97 Å². The maximum absolute atomic E-state index is 8.25. The summed E-state index contributed by atoms with van der Waals surface area (Å²) in [5, 5.41) is 44.2. The van der Waals surface area contributed by atoms with Crippen molar-refractivity contribution < 1.29 is 50.9 Å². The first kappa shape index (κ1) is 37.2. The van der Waals surface area contributed by atoms with Gasteiger partial charge in [-0.1, -0.05) is 36.4 Å². The molecular formula is C26H18LaN9O9. The van der Waals surface area contributed by atoms with Crippen molar-refractivity contribution in [2.24, 2.45) is 0 Å². The predicted molar refractivity (Wildman–Crippen MR) is 158 cm³/mol. The molecule has 45 heavy (non-hydrogen) atoms. The Hall–Kier alpha value is -5.79. The van der Waals surface area contributed by atoms with E-state index in [1.807, 2.05) is 84.9 Å².